The van der Waals surface area contributed by atoms with Crippen molar-refractivity contribution in [2.24, 2.45) is 0 Å². The Kier molecular flexibility index (Phi) is 2.90. The molecule has 0 aromatic rings. The van der Waals surface area contributed by atoms with E-state index in [0.717, 1.165) is 0 Å². The van der Waals surface area contributed by atoms with Gasteiger partial charge in [0.25, 0.3) is 0 Å². The summed E-state index contributed by atoms with van der Waals surface area (Å²) in [6.45, 7) is 3.78. The number of ether oxygens (including phenoxy) is 1. The molecule has 0 spiro atoms. The fourth-order valence-electron chi connectivity index (χ4n) is 2.05. The fourth-order valence-corrected chi connectivity index (χ4v) is 2.05. The molecule has 1 unspecified atom stereocenters. The summed E-state index contributed by atoms with van der Waals surface area (Å²) in [7, 11) is 0. The topological polar surface area (TPSA) is 58.6 Å². The Morgan fingerprint density at radius 3 is 3.00 bits per heavy atom. The average molecular weight is 212 g/mol. The summed E-state index contributed by atoms with van der Waals surface area (Å²) in [4.78, 5) is 24.8. The number of amides is 2. The molecule has 0 aromatic carbocycles. The maximum Gasteiger partial charge on any atom is 0.245 e. The van der Waals surface area contributed by atoms with E-state index in [4.69, 9.17) is 4.74 Å². The summed E-state index contributed by atoms with van der Waals surface area (Å²) in [5.74, 6) is 0.0194. The number of rotatable bonds is 1. The Morgan fingerprint density at radius 1 is 1.60 bits per heavy atom. The van der Waals surface area contributed by atoms with Crippen LogP contribution in [0.5, 0.6) is 0 Å². The maximum absolute atomic E-state index is 12.0. The fraction of sp³-hybridized carbons (Fsp3) is 0.800. The number of nitrogens with zero attached hydrogens (tertiary/aromatic N) is 1. The molecule has 5 heteroatoms. The molecule has 0 aromatic heterocycles. The van der Waals surface area contributed by atoms with Crippen molar-refractivity contribution in [1.82, 2.24) is 10.2 Å². The van der Waals surface area contributed by atoms with Gasteiger partial charge in [-0.25, -0.2) is 0 Å². The summed E-state index contributed by atoms with van der Waals surface area (Å²) in [6.07, 6.45) is 1.09. The van der Waals surface area contributed by atoms with Gasteiger partial charge in [0.2, 0.25) is 11.8 Å². The molecular weight excluding hydrogens is 196 g/mol. The molecule has 84 valence electrons. The molecule has 0 bridgehead atoms. The second-order valence-electron chi connectivity index (χ2n) is 4.11. The molecule has 15 heavy (non-hydrogen) atoms. The van der Waals surface area contributed by atoms with Crippen molar-refractivity contribution in [2.45, 2.75) is 31.8 Å². The van der Waals surface area contributed by atoms with Crippen molar-refractivity contribution < 1.29 is 14.3 Å². The zero-order valence-electron chi connectivity index (χ0n) is 8.86. The highest BCUT2D eigenvalue weighted by Gasteiger charge is 2.33. The van der Waals surface area contributed by atoms with Gasteiger partial charge in [-0.2, -0.15) is 0 Å². The van der Waals surface area contributed by atoms with Gasteiger partial charge in [-0.3, -0.25) is 9.59 Å². The largest absolute Gasteiger partial charge is 0.377 e. The van der Waals surface area contributed by atoms with Crippen molar-refractivity contribution in [3.63, 3.8) is 0 Å². The van der Waals surface area contributed by atoms with Crippen LogP contribution in [0.25, 0.3) is 0 Å². The summed E-state index contributed by atoms with van der Waals surface area (Å²) >= 11 is 0. The SMILES string of the molecule is CC1COCCN1C(=O)[C@H]1CCC(=O)N1. The van der Waals surface area contributed by atoms with Crippen molar-refractivity contribution in [3.8, 4) is 0 Å². The number of carbonyl (C=O) groups is 2. The van der Waals surface area contributed by atoms with E-state index in [1.54, 1.807) is 4.90 Å². The number of morpholine rings is 1. The first kappa shape index (κ1) is 10.4. The van der Waals surface area contributed by atoms with Crippen molar-refractivity contribution in [3.05, 3.63) is 0 Å². The molecule has 2 heterocycles. The van der Waals surface area contributed by atoms with E-state index >= 15 is 0 Å². The predicted octanol–water partition coefficient (Wildman–Crippen LogP) is -0.488. The molecule has 2 rings (SSSR count). The van der Waals surface area contributed by atoms with E-state index in [-0.39, 0.29) is 23.9 Å². The zero-order valence-corrected chi connectivity index (χ0v) is 8.86. The van der Waals surface area contributed by atoms with Gasteiger partial charge in [0.1, 0.15) is 6.04 Å². The minimum absolute atomic E-state index is 0.0192. The lowest BCUT2D eigenvalue weighted by Crippen LogP contribution is -2.53. The maximum atomic E-state index is 12.0. The van der Waals surface area contributed by atoms with Gasteiger partial charge in [-0.1, -0.05) is 0 Å². The molecule has 1 N–H and O–H groups in total. The molecule has 2 aliphatic heterocycles. The van der Waals surface area contributed by atoms with Crippen LogP contribution in [-0.2, 0) is 14.3 Å². The number of hydrogen-bond donors (Lipinski definition) is 1. The number of carbonyl (C=O) groups excluding carboxylic acids is 2. The van der Waals surface area contributed by atoms with Gasteiger partial charge >= 0.3 is 0 Å². The van der Waals surface area contributed by atoms with Crippen molar-refractivity contribution >= 4 is 11.8 Å². The Morgan fingerprint density at radius 2 is 2.40 bits per heavy atom. The standard InChI is InChI=1S/C10H16N2O3/c1-7-6-15-5-4-12(7)10(14)8-2-3-9(13)11-8/h7-8H,2-6H2,1H3,(H,11,13)/t7?,8-/m1/s1. The second-order valence-corrected chi connectivity index (χ2v) is 4.11. The van der Waals surface area contributed by atoms with E-state index in [9.17, 15) is 9.59 Å². The summed E-state index contributed by atoms with van der Waals surface area (Å²) in [6, 6.07) is -0.193. The van der Waals surface area contributed by atoms with Crippen LogP contribution in [0.15, 0.2) is 0 Å². The molecule has 0 radical (unpaired) electrons. The molecule has 2 fully saturated rings. The van der Waals surface area contributed by atoms with E-state index in [2.05, 4.69) is 5.32 Å². The second kappa shape index (κ2) is 4.18. The van der Waals surface area contributed by atoms with Gasteiger partial charge in [-0.05, 0) is 13.3 Å². The van der Waals surface area contributed by atoms with E-state index in [1.165, 1.54) is 0 Å². The minimum Gasteiger partial charge on any atom is -0.377 e. The van der Waals surface area contributed by atoms with Crippen LogP contribution in [0.4, 0.5) is 0 Å². The van der Waals surface area contributed by atoms with Crippen LogP contribution in [0, 0.1) is 0 Å². The first-order valence-electron chi connectivity index (χ1n) is 5.36. The Hall–Kier alpha value is -1.10. The van der Waals surface area contributed by atoms with Gasteiger partial charge in [0.05, 0.1) is 19.3 Å². The molecule has 0 aliphatic carbocycles. The lowest BCUT2D eigenvalue weighted by Gasteiger charge is -2.34. The van der Waals surface area contributed by atoms with Gasteiger partial charge < -0.3 is 15.0 Å². The first-order valence-corrected chi connectivity index (χ1v) is 5.36. The highest BCUT2D eigenvalue weighted by molar-refractivity contribution is 5.91. The molecule has 5 nitrogen and oxygen atoms in total. The lowest BCUT2D eigenvalue weighted by molar-refractivity contribution is -0.141. The smallest absolute Gasteiger partial charge is 0.245 e. The molecular formula is C10H16N2O3. The van der Waals surface area contributed by atoms with Crippen molar-refractivity contribution in [2.75, 3.05) is 19.8 Å². The molecule has 0 saturated carbocycles. The summed E-state index contributed by atoms with van der Waals surface area (Å²) < 4.78 is 5.26. The van der Waals surface area contributed by atoms with Crippen LogP contribution in [0.3, 0.4) is 0 Å². The van der Waals surface area contributed by atoms with Crippen LogP contribution in [-0.4, -0.2) is 48.6 Å². The van der Waals surface area contributed by atoms with E-state index in [0.29, 0.717) is 32.6 Å². The molecule has 2 saturated heterocycles. The molecule has 2 aliphatic rings. The van der Waals surface area contributed by atoms with E-state index < -0.39 is 0 Å². The number of hydrogen-bond acceptors (Lipinski definition) is 3. The molecule has 2 atom stereocenters. The average Bonchev–Trinajstić information content (AvgIpc) is 2.65. The Labute approximate surface area is 88.8 Å². The first-order chi connectivity index (χ1) is 7.18. The Balaban J connectivity index is 1.97. The van der Waals surface area contributed by atoms with Crippen LogP contribution >= 0.6 is 0 Å². The van der Waals surface area contributed by atoms with Crippen molar-refractivity contribution in [1.29, 1.82) is 0 Å². The zero-order chi connectivity index (χ0) is 10.8. The monoisotopic (exact) mass is 212 g/mol. The third-order valence-corrected chi connectivity index (χ3v) is 2.94. The van der Waals surface area contributed by atoms with Crippen LogP contribution in [0.1, 0.15) is 19.8 Å². The predicted molar refractivity (Wildman–Crippen MR) is 53.2 cm³/mol. The van der Waals surface area contributed by atoms with Gasteiger partial charge in [-0.15, -0.1) is 0 Å². The van der Waals surface area contributed by atoms with Crippen LogP contribution < -0.4 is 5.32 Å². The van der Waals surface area contributed by atoms with Gasteiger partial charge in [0, 0.05) is 13.0 Å². The minimum atomic E-state index is -0.307. The highest BCUT2D eigenvalue weighted by Crippen LogP contribution is 2.14. The third kappa shape index (κ3) is 2.12. The van der Waals surface area contributed by atoms with Crippen LogP contribution in [0.2, 0.25) is 0 Å². The normalized spacial score (nSPS) is 31.5. The third-order valence-electron chi connectivity index (χ3n) is 2.94. The Bertz CT molecular complexity index is 280. The lowest BCUT2D eigenvalue weighted by atomic mass is 10.1. The summed E-state index contributed by atoms with van der Waals surface area (Å²) in [5.41, 5.74) is 0. The van der Waals surface area contributed by atoms with E-state index in [1.807, 2.05) is 6.92 Å². The molecule has 2 amide bonds. The number of nitrogens with one attached hydrogen (secondary N) is 1. The highest BCUT2D eigenvalue weighted by atomic mass is 16.5. The quantitative estimate of drug-likeness (QED) is 0.638. The van der Waals surface area contributed by atoms with Gasteiger partial charge in [0.15, 0.2) is 0 Å². The summed E-state index contributed by atoms with van der Waals surface area (Å²) in [5, 5.41) is 2.70.